The Morgan fingerprint density at radius 3 is 3.00 bits per heavy atom. The predicted octanol–water partition coefficient (Wildman–Crippen LogP) is -0.668. The lowest BCUT2D eigenvalue weighted by molar-refractivity contribution is -0.132. The molecule has 0 saturated carbocycles. The van der Waals surface area contributed by atoms with Crippen LogP contribution in [0.1, 0.15) is 19.3 Å². The molecule has 0 bridgehead atoms. The van der Waals surface area contributed by atoms with Gasteiger partial charge in [-0.1, -0.05) is 0 Å². The number of amides is 1. The predicted molar refractivity (Wildman–Crippen MR) is 48.2 cm³/mol. The number of carbonyl (C=O) groups excluding carboxylic acids is 1. The highest BCUT2D eigenvalue weighted by Crippen LogP contribution is 2.19. The van der Waals surface area contributed by atoms with Crippen molar-refractivity contribution < 1.29 is 9.90 Å². The van der Waals surface area contributed by atoms with Crippen molar-refractivity contribution in [3.05, 3.63) is 0 Å². The molecule has 2 N–H and O–H groups in total. The van der Waals surface area contributed by atoms with Gasteiger partial charge in [-0.25, -0.2) is 0 Å². The van der Waals surface area contributed by atoms with Crippen LogP contribution in [0.25, 0.3) is 0 Å². The second-order valence-electron chi connectivity index (χ2n) is 3.82. The van der Waals surface area contributed by atoms with Crippen LogP contribution in [0.15, 0.2) is 0 Å². The minimum Gasteiger partial charge on any atom is -0.390 e. The second-order valence-corrected chi connectivity index (χ2v) is 3.82. The molecule has 2 aliphatic rings. The molecule has 2 aliphatic heterocycles. The number of carbonyl (C=O) groups is 1. The summed E-state index contributed by atoms with van der Waals surface area (Å²) in [7, 11) is 0. The fourth-order valence-corrected chi connectivity index (χ4v) is 2.21. The summed E-state index contributed by atoms with van der Waals surface area (Å²) >= 11 is 0. The van der Waals surface area contributed by atoms with Crippen LogP contribution in [0, 0.1) is 0 Å². The van der Waals surface area contributed by atoms with Crippen LogP contribution < -0.4 is 5.32 Å². The Balaban J connectivity index is 2.01. The van der Waals surface area contributed by atoms with Gasteiger partial charge in [-0.2, -0.15) is 0 Å². The molecular weight excluding hydrogens is 168 g/mol. The van der Waals surface area contributed by atoms with Gasteiger partial charge in [0.25, 0.3) is 0 Å². The van der Waals surface area contributed by atoms with Gasteiger partial charge in [-0.3, -0.25) is 4.79 Å². The van der Waals surface area contributed by atoms with Gasteiger partial charge in [0.05, 0.1) is 12.1 Å². The van der Waals surface area contributed by atoms with Gasteiger partial charge >= 0.3 is 0 Å². The van der Waals surface area contributed by atoms with E-state index in [9.17, 15) is 9.90 Å². The van der Waals surface area contributed by atoms with E-state index in [2.05, 4.69) is 5.32 Å². The third kappa shape index (κ3) is 1.69. The van der Waals surface area contributed by atoms with Crippen LogP contribution in [0.3, 0.4) is 0 Å². The van der Waals surface area contributed by atoms with E-state index in [-0.39, 0.29) is 18.1 Å². The van der Waals surface area contributed by atoms with E-state index < -0.39 is 0 Å². The molecule has 0 aliphatic carbocycles. The Labute approximate surface area is 77.9 Å². The summed E-state index contributed by atoms with van der Waals surface area (Å²) in [6, 6.07) is 0.0660. The van der Waals surface area contributed by atoms with Crippen molar-refractivity contribution in [3.8, 4) is 0 Å². The van der Waals surface area contributed by atoms with Gasteiger partial charge in [0.1, 0.15) is 0 Å². The highest BCUT2D eigenvalue weighted by atomic mass is 16.3. The van der Waals surface area contributed by atoms with Gasteiger partial charge in [0.15, 0.2) is 0 Å². The number of β-amino-alcohol motifs (C(OH)–C–C–N with tert-alkyl or cyclic N) is 1. The molecule has 0 aromatic carbocycles. The molecule has 4 heteroatoms. The SMILES string of the molecule is O=C1CCCN1C1CCNCC1O. The van der Waals surface area contributed by atoms with E-state index in [1.54, 1.807) is 0 Å². The zero-order valence-electron chi connectivity index (χ0n) is 7.70. The molecule has 2 rings (SSSR count). The minimum atomic E-state index is -0.379. The zero-order valence-corrected chi connectivity index (χ0v) is 7.70. The summed E-state index contributed by atoms with van der Waals surface area (Å²) in [5, 5.41) is 12.8. The van der Waals surface area contributed by atoms with Crippen LogP contribution in [-0.2, 0) is 4.79 Å². The third-order valence-electron chi connectivity index (χ3n) is 2.92. The van der Waals surface area contributed by atoms with Gasteiger partial charge in [0, 0.05) is 19.5 Å². The number of nitrogens with one attached hydrogen (secondary N) is 1. The van der Waals surface area contributed by atoms with Crippen LogP contribution >= 0.6 is 0 Å². The van der Waals surface area contributed by atoms with Crippen LogP contribution in [-0.4, -0.2) is 47.7 Å². The Morgan fingerprint density at radius 1 is 1.54 bits per heavy atom. The molecular formula is C9H16N2O2. The lowest BCUT2D eigenvalue weighted by Gasteiger charge is -2.35. The van der Waals surface area contributed by atoms with Crippen LogP contribution in [0.5, 0.6) is 0 Å². The van der Waals surface area contributed by atoms with Crippen molar-refractivity contribution in [1.82, 2.24) is 10.2 Å². The number of nitrogens with zero attached hydrogens (tertiary/aromatic N) is 1. The second kappa shape index (κ2) is 3.64. The summed E-state index contributed by atoms with van der Waals surface area (Å²) in [6.07, 6.45) is 2.12. The summed E-state index contributed by atoms with van der Waals surface area (Å²) in [4.78, 5) is 13.3. The minimum absolute atomic E-state index is 0.0660. The first-order valence-electron chi connectivity index (χ1n) is 4.97. The van der Waals surface area contributed by atoms with Crippen LogP contribution in [0.4, 0.5) is 0 Å². The van der Waals surface area contributed by atoms with Gasteiger partial charge < -0.3 is 15.3 Å². The summed E-state index contributed by atoms with van der Waals surface area (Å²) in [5.41, 5.74) is 0. The van der Waals surface area contributed by atoms with Crippen molar-refractivity contribution in [2.45, 2.75) is 31.4 Å². The monoisotopic (exact) mass is 184 g/mol. The maximum absolute atomic E-state index is 11.4. The fourth-order valence-electron chi connectivity index (χ4n) is 2.21. The quantitative estimate of drug-likeness (QED) is 0.568. The van der Waals surface area contributed by atoms with E-state index in [1.165, 1.54) is 0 Å². The summed E-state index contributed by atoms with van der Waals surface area (Å²) in [5.74, 6) is 0.214. The maximum Gasteiger partial charge on any atom is 0.222 e. The Hall–Kier alpha value is -0.610. The molecule has 2 heterocycles. The summed E-state index contributed by atoms with van der Waals surface area (Å²) in [6.45, 7) is 2.36. The largest absolute Gasteiger partial charge is 0.390 e. The average Bonchev–Trinajstić information content (AvgIpc) is 2.52. The Bertz CT molecular complexity index is 208. The lowest BCUT2D eigenvalue weighted by atomic mass is 10.0. The molecule has 2 fully saturated rings. The van der Waals surface area contributed by atoms with Gasteiger partial charge in [-0.05, 0) is 19.4 Å². The molecule has 13 heavy (non-hydrogen) atoms. The van der Waals surface area contributed by atoms with E-state index >= 15 is 0 Å². The third-order valence-corrected chi connectivity index (χ3v) is 2.92. The number of likely N-dealkylation sites (tertiary alicyclic amines) is 1. The first-order chi connectivity index (χ1) is 6.29. The topological polar surface area (TPSA) is 52.6 Å². The number of aliphatic hydroxyl groups excluding tert-OH is 1. The van der Waals surface area contributed by atoms with E-state index in [1.807, 2.05) is 4.90 Å². The van der Waals surface area contributed by atoms with Crippen LogP contribution in [0.2, 0.25) is 0 Å². The number of hydrogen-bond donors (Lipinski definition) is 2. The maximum atomic E-state index is 11.4. The lowest BCUT2D eigenvalue weighted by Crippen LogP contribution is -2.53. The molecule has 74 valence electrons. The van der Waals surface area contributed by atoms with Crippen molar-refractivity contribution in [2.24, 2.45) is 0 Å². The van der Waals surface area contributed by atoms with E-state index in [0.29, 0.717) is 13.0 Å². The highest BCUT2D eigenvalue weighted by molar-refractivity contribution is 5.78. The first-order valence-corrected chi connectivity index (χ1v) is 4.97. The molecule has 0 aromatic heterocycles. The van der Waals surface area contributed by atoms with Gasteiger partial charge in [0.2, 0.25) is 5.91 Å². The van der Waals surface area contributed by atoms with Crippen molar-refractivity contribution in [3.63, 3.8) is 0 Å². The number of piperidine rings is 1. The highest BCUT2D eigenvalue weighted by Gasteiger charge is 2.33. The Morgan fingerprint density at radius 2 is 2.38 bits per heavy atom. The molecule has 4 nitrogen and oxygen atoms in total. The molecule has 1 amide bonds. The molecule has 0 radical (unpaired) electrons. The number of rotatable bonds is 1. The molecule has 0 aromatic rings. The number of hydrogen-bond acceptors (Lipinski definition) is 3. The van der Waals surface area contributed by atoms with Crippen molar-refractivity contribution in [1.29, 1.82) is 0 Å². The van der Waals surface area contributed by atoms with E-state index in [4.69, 9.17) is 0 Å². The van der Waals surface area contributed by atoms with Crippen molar-refractivity contribution >= 4 is 5.91 Å². The van der Waals surface area contributed by atoms with Gasteiger partial charge in [-0.15, -0.1) is 0 Å². The standard InChI is InChI=1S/C9H16N2O2/c12-8-6-10-4-3-7(8)11-5-1-2-9(11)13/h7-8,10,12H,1-6H2. The smallest absolute Gasteiger partial charge is 0.222 e. The summed E-state index contributed by atoms with van der Waals surface area (Å²) < 4.78 is 0. The molecule has 2 atom stereocenters. The van der Waals surface area contributed by atoms with Crippen molar-refractivity contribution in [2.75, 3.05) is 19.6 Å². The Kier molecular flexibility index (Phi) is 2.51. The number of aliphatic hydroxyl groups is 1. The fraction of sp³-hybridized carbons (Fsp3) is 0.889. The molecule has 0 spiro atoms. The average molecular weight is 184 g/mol. The van der Waals surface area contributed by atoms with E-state index in [0.717, 1.165) is 25.9 Å². The molecule has 2 unspecified atom stereocenters. The first kappa shape index (κ1) is 8.97. The normalized spacial score (nSPS) is 35.5. The zero-order chi connectivity index (χ0) is 9.26. The molecule has 2 saturated heterocycles.